The van der Waals surface area contributed by atoms with E-state index in [1.165, 1.54) is 5.56 Å². The second-order valence-corrected chi connectivity index (χ2v) is 3.47. The van der Waals surface area contributed by atoms with Crippen molar-refractivity contribution in [3.8, 4) is 0 Å². The van der Waals surface area contributed by atoms with Gasteiger partial charge in [0.15, 0.2) is 0 Å². The van der Waals surface area contributed by atoms with E-state index in [1.807, 2.05) is 18.2 Å². The molecule has 0 aromatic heterocycles. The molecule has 3 nitrogen and oxygen atoms in total. The Balaban J connectivity index is 2.02. The minimum absolute atomic E-state index is 0.364. The van der Waals surface area contributed by atoms with E-state index in [-0.39, 0.29) is 0 Å². The van der Waals surface area contributed by atoms with E-state index in [0.29, 0.717) is 13.2 Å². The van der Waals surface area contributed by atoms with Crippen LogP contribution in [0.2, 0.25) is 0 Å². The van der Waals surface area contributed by atoms with E-state index in [4.69, 9.17) is 4.74 Å². The second-order valence-electron chi connectivity index (χ2n) is 3.47. The van der Waals surface area contributed by atoms with Gasteiger partial charge in [-0.1, -0.05) is 30.3 Å². The average Bonchev–Trinajstić information content (AvgIpc) is 2.30. The smallest absolute Gasteiger partial charge is 0.435 e. The number of hydrogen-bond donors (Lipinski definition) is 0. The van der Waals surface area contributed by atoms with E-state index in [1.54, 1.807) is 6.92 Å². The van der Waals surface area contributed by atoms with Crippen molar-refractivity contribution in [2.75, 3.05) is 13.2 Å². The van der Waals surface area contributed by atoms with Crippen LogP contribution < -0.4 is 0 Å². The Bertz CT molecular complexity index is 295. The third kappa shape index (κ3) is 5.39. The molecule has 0 atom stereocenters. The summed E-state index contributed by atoms with van der Waals surface area (Å²) in [6.45, 7) is 2.56. The highest BCUT2D eigenvalue weighted by Crippen LogP contribution is 2.04. The monoisotopic (exact) mass is 222 g/mol. The highest BCUT2D eigenvalue weighted by molar-refractivity contribution is 5.59. The Morgan fingerprint density at radius 1 is 1.12 bits per heavy atom. The predicted molar refractivity (Wildman–Crippen MR) is 62.4 cm³/mol. The molecule has 0 saturated carbocycles. The summed E-state index contributed by atoms with van der Waals surface area (Å²) in [5.74, 6) is 0. The molecule has 1 aromatic carbocycles. The van der Waals surface area contributed by atoms with Crippen LogP contribution in [0, 0.1) is 0 Å². The number of unbranched alkanes of at least 4 members (excludes halogenated alkanes) is 1. The Labute approximate surface area is 96.4 Å². The SMILES string of the molecule is CCOC(=O)OCCCCc1ccccc1. The topological polar surface area (TPSA) is 35.5 Å². The van der Waals surface area contributed by atoms with Crippen LogP contribution in [0.5, 0.6) is 0 Å². The normalized spacial score (nSPS) is 9.81. The molecular weight excluding hydrogens is 204 g/mol. The maximum absolute atomic E-state index is 10.8. The summed E-state index contributed by atoms with van der Waals surface area (Å²) in [5, 5.41) is 0. The lowest BCUT2D eigenvalue weighted by Gasteiger charge is -2.04. The summed E-state index contributed by atoms with van der Waals surface area (Å²) in [7, 11) is 0. The third-order valence-corrected chi connectivity index (χ3v) is 2.18. The van der Waals surface area contributed by atoms with Crippen molar-refractivity contribution in [2.45, 2.75) is 26.2 Å². The first-order valence-electron chi connectivity index (χ1n) is 5.66. The standard InChI is InChI=1S/C13H18O3/c1-2-15-13(14)16-11-7-6-10-12-8-4-3-5-9-12/h3-5,8-9H,2,6-7,10-11H2,1H3. The number of benzene rings is 1. The zero-order valence-corrected chi connectivity index (χ0v) is 9.65. The molecule has 0 aliphatic heterocycles. The number of carbonyl (C=O) groups is 1. The molecule has 0 unspecified atom stereocenters. The molecule has 0 aliphatic carbocycles. The van der Waals surface area contributed by atoms with Gasteiger partial charge < -0.3 is 9.47 Å². The zero-order chi connectivity index (χ0) is 11.6. The summed E-state index contributed by atoms with van der Waals surface area (Å²) in [5.41, 5.74) is 1.32. The summed E-state index contributed by atoms with van der Waals surface area (Å²) in [4.78, 5) is 10.8. The van der Waals surface area contributed by atoms with Crippen LogP contribution in [0.15, 0.2) is 30.3 Å². The van der Waals surface area contributed by atoms with Crippen molar-refractivity contribution < 1.29 is 14.3 Å². The van der Waals surface area contributed by atoms with Crippen LogP contribution in [0.3, 0.4) is 0 Å². The molecule has 0 heterocycles. The maximum Gasteiger partial charge on any atom is 0.508 e. The molecule has 1 rings (SSSR count). The maximum atomic E-state index is 10.8. The van der Waals surface area contributed by atoms with Crippen LogP contribution in [0.4, 0.5) is 4.79 Å². The first-order chi connectivity index (χ1) is 7.83. The molecular formula is C13H18O3. The lowest BCUT2D eigenvalue weighted by Crippen LogP contribution is -2.08. The molecule has 0 bridgehead atoms. The van der Waals surface area contributed by atoms with E-state index >= 15 is 0 Å². The summed E-state index contributed by atoms with van der Waals surface area (Å²) in [6, 6.07) is 10.3. The first-order valence-corrected chi connectivity index (χ1v) is 5.66. The van der Waals surface area contributed by atoms with Crippen LogP contribution in [-0.2, 0) is 15.9 Å². The van der Waals surface area contributed by atoms with Crippen molar-refractivity contribution >= 4 is 6.16 Å². The second kappa shape index (κ2) is 7.74. The number of ether oxygens (including phenoxy) is 2. The van der Waals surface area contributed by atoms with Crippen molar-refractivity contribution in [1.82, 2.24) is 0 Å². The van der Waals surface area contributed by atoms with E-state index in [2.05, 4.69) is 16.9 Å². The summed E-state index contributed by atoms with van der Waals surface area (Å²) in [6.07, 6.45) is 2.34. The fraction of sp³-hybridized carbons (Fsp3) is 0.462. The van der Waals surface area contributed by atoms with Gasteiger partial charge in [0.1, 0.15) is 0 Å². The molecule has 0 saturated heterocycles. The molecule has 0 N–H and O–H groups in total. The first kappa shape index (κ1) is 12.6. The van der Waals surface area contributed by atoms with Gasteiger partial charge in [-0.2, -0.15) is 0 Å². The Morgan fingerprint density at radius 2 is 1.88 bits per heavy atom. The molecule has 0 amide bonds. The van der Waals surface area contributed by atoms with Crippen molar-refractivity contribution in [1.29, 1.82) is 0 Å². The fourth-order valence-corrected chi connectivity index (χ4v) is 1.39. The van der Waals surface area contributed by atoms with Crippen LogP contribution in [0.1, 0.15) is 25.3 Å². The lowest BCUT2D eigenvalue weighted by molar-refractivity contribution is 0.0580. The van der Waals surface area contributed by atoms with Crippen LogP contribution in [0.25, 0.3) is 0 Å². The van der Waals surface area contributed by atoms with Gasteiger partial charge in [0, 0.05) is 0 Å². The van der Waals surface area contributed by atoms with Crippen molar-refractivity contribution in [3.63, 3.8) is 0 Å². The molecule has 0 fully saturated rings. The quantitative estimate of drug-likeness (QED) is 0.547. The Kier molecular flexibility index (Phi) is 6.07. The Hall–Kier alpha value is -1.51. The average molecular weight is 222 g/mol. The summed E-state index contributed by atoms with van der Waals surface area (Å²) >= 11 is 0. The Morgan fingerprint density at radius 3 is 2.56 bits per heavy atom. The van der Waals surface area contributed by atoms with Gasteiger partial charge in [-0.15, -0.1) is 0 Å². The van der Waals surface area contributed by atoms with Gasteiger partial charge in [0.2, 0.25) is 0 Å². The predicted octanol–water partition coefficient (Wildman–Crippen LogP) is 3.18. The molecule has 0 radical (unpaired) electrons. The zero-order valence-electron chi connectivity index (χ0n) is 9.65. The van der Waals surface area contributed by atoms with Crippen LogP contribution in [-0.4, -0.2) is 19.4 Å². The molecule has 16 heavy (non-hydrogen) atoms. The largest absolute Gasteiger partial charge is 0.508 e. The number of aryl methyl sites for hydroxylation is 1. The lowest BCUT2D eigenvalue weighted by atomic mass is 10.1. The van der Waals surface area contributed by atoms with Gasteiger partial charge in [-0.3, -0.25) is 0 Å². The van der Waals surface area contributed by atoms with Gasteiger partial charge in [-0.25, -0.2) is 4.79 Å². The van der Waals surface area contributed by atoms with Crippen LogP contribution >= 0.6 is 0 Å². The molecule has 1 aromatic rings. The molecule has 0 spiro atoms. The molecule has 0 aliphatic rings. The van der Waals surface area contributed by atoms with Gasteiger partial charge >= 0.3 is 6.16 Å². The highest BCUT2D eigenvalue weighted by atomic mass is 16.7. The third-order valence-electron chi connectivity index (χ3n) is 2.18. The molecule has 88 valence electrons. The van der Waals surface area contributed by atoms with Gasteiger partial charge in [-0.05, 0) is 31.7 Å². The van der Waals surface area contributed by atoms with Gasteiger partial charge in [0.05, 0.1) is 13.2 Å². The minimum Gasteiger partial charge on any atom is -0.435 e. The van der Waals surface area contributed by atoms with E-state index < -0.39 is 6.16 Å². The minimum atomic E-state index is -0.567. The molecule has 3 heteroatoms. The summed E-state index contributed by atoms with van der Waals surface area (Å²) < 4.78 is 9.50. The number of rotatable bonds is 6. The van der Waals surface area contributed by atoms with Crippen molar-refractivity contribution in [2.24, 2.45) is 0 Å². The van der Waals surface area contributed by atoms with Gasteiger partial charge in [0.25, 0.3) is 0 Å². The van der Waals surface area contributed by atoms with E-state index in [0.717, 1.165) is 19.3 Å². The van der Waals surface area contributed by atoms with Crippen molar-refractivity contribution in [3.05, 3.63) is 35.9 Å². The number of carbonyl (C=O) groups excluding carboxylic acids is 1. The van der Waals surface area contributed by atoms with E-state index in [9.17, 15) is 4.79 Å². The fourth-order valence-electron chi connectivity index (χ4n) is 1.39. The number of hydrogen-bond acceptors (Lipinski definition) is 3. The highest BCUT2D eigenvalue weighted by Gasteiger charge is 2.00.